The molecule has 192 valence electrons. The Kier molecular flexibility index (Phi) is 5.54. The van der Waals surface area contributed by atoms with Crippen molar-refractivity contribution in [1.82, 2.24) is 0 Å². The average Bonchev–Trinajstić information content (AvgIpc) is 3.09. The predicted molar refractivity (Wildman–Crippen MR) is 170 cm³/mol. The lowest BCUT2D eigenvalue weighted by molar-refractivity contribution is 0.580. The first-order valence-corrected chi connectivity index (χ1v) is 14.5. The first-order valence-electron chi connectivity index (χ1n) is 13.7. The minimum absolute atomic E-state index is 0.0339. The molecule has 0 spiro atoms. The van der Waals surface area contributed by atoms with Crippen LogP contribution in [0.3, 0.4) is 0 Å². The third kappa shape index (κ3) is 3.69. The molecule has 1 aliphatic carbocycles. The largest absolute Gasteiger partial charge is 0.0616 e. The van der Waals surface area contributed by atoms with Gasteiger partial charge in [0.15, 0.2) is 0 Å². The van der Waals surface area contributed by atoms with Gasteiger partial charge in [-0.2, -0.15) is 0 Å². The van der Waals surface area contributed by atoms with Crippen LogP contribution in [-0.2, 0) is 16.2 Å². The predicted octanol–water partition coefficient (Wildman–Crippen LogP) is 11.3. The first-order chi connectivity index (χ1) is 17.8. The summed E-state index contributed by atoms with van der Waals surface area (Å²) in [6.07, 6.45) is 0. The highest BCUT2D eigenvalue weighted by Crippen LogP contribution is 2.56. The standard InChI is InChI=1S/C37H37Br/c1-35(2,3)22-17-18-28-30(20-22)37(7,8)31-21-23(36(4,5)6)19-29(33(28)31)32-24-13-9-11-15-26(24)34(38)27-16-12-10-14-25(27)32/h9-21H,1-8H3. The summed E-state index contributed by atoms with van der Waals surface area (Å²) in [5, 5.41) is 5.11. The van der Waals surface area contributed by atoms with Crippen LogP contribution in [0.25, 0.3) is 43.8 Å². The van der Waals surface area contributed by atoms with E-state index in [9.17, 15) is 0 Å². The molecule has 0 saturated heterocycles. The van der Waals surface area contributed by atoms with Crippen LogP contribution in [-0.4, -0.2) is 0 Å². The van der Waals surface area contributed by atoms with Crippen LogP contribution in [0.1, 0.15) is 77.6 Å². The Morgan fingerprint density at radius 1 is 0.526 bits per heavy atom. The quantitative estimate of drug-likeness (QED) is 0.179. The van der Waals surface area contributed by atoms with Crippen molar-refractivity contribution in [1.29, 1.82) is 0 Å². The molecule has 5 aromatic rings. The highest BCUT2D eigenvalue weighted by atomic mass is 79.9. The number of hydrogen-bond donors (Lipinski definition) is 0. The summed E-state index contributed by atoms with van der Waals surface area (Å²) >= 11 is 3.97. The van der Waals surface area contributed by atoms with Crippen molar-refractivity contribution in [3.63, 3.8) is 0 Å². The number of fused-ring (bicyclic) bond motifs is 5. The average molecular weight is 562 g/mol. The molecular formula is C37H37Br. The van der Waals surface area contributed by atoms with E-state index in [-0.39, 0.29) is 16.2 Å². The smallest absolute Gasteiger partial charge is 0.0332 e. The summed E-state index contributed by atoms with van der Waals surface area (Å²) in [5.74, 6) is 0. The minimum atomic E-state index is -0.0804. The van der Waals surface area contributed by atoms with Gasteiger partial charge in [0.05, 0.1) is 0 Å². The maximum Gasteiger partial charge on any atom is 0.0332 e. The fourth-order valence-electron chi connectivity index (χ4n) is 6.31. The van der Waals surface area contributed by atoms with E-state index >= 15 is 0 Å². The van der Waals surface area contributed by atoms with Gasteiger partial charge in [0, 0.05) is 9.89 Å². The van der Waals surface area contributed by atoms with Gasteiger partial charge in [0.25, 0.3) is 0 Å². The number of hydrogen-bond acceptors (Lipinski definition) is 0. The van der Waals surface area contributed by atoms with E-state index in [1.807, 2.05) is 0 Å². The highest BCUT2D eigenvalue weighted by Gasteiger charge is 2.39. The second kappa shape index (κ2) is 8.30. The normalized spacial score (nSPS) is 14.7. The fourth-order valence-corrected chi connectivity index (χ4v) is 7.00. The summed E-state index contributed by atoms with van der Waals surface area (Å²) in [6, 6.07) is 29.9. The highest BCUT2D eigenvalue weighted by molar-refractivity contribution is 9.10. The van der Waals surface area contributed by atoms with Crippen LogP contribution in [0.5, 0.6) is 0 Å². The van der Waals surface area contributed by atoms with E-state index in [1.165, 1.54) is 70.5 Å². The van der Waals surface area contributed by atoms with Crippen molar-refractivity contribution in [2.75, 3.05) is 0 Å². The van der Waals surface area contributed by atoms with Gasteiger partial charge in [-0.3, -0.25) is 0 Å². The van der Waals surface area contributed by atoms with Crippen molar-refractivity contribution in [3.05, 3.63) is 106 Å². The summed E-state index contributed by atoms with van der Waals surface area (Å²) in [7, 11) is 0. The molecule has 1 aliphatic rings. The number of halogens is 1. The minimum Gasteiger partial charge on any atom is -0.0616 e. The first kappa shape index (κ1) is 25.4. The second-order valence-corrected chi connectivity index (χ2v) is 14.4. The lowest BCUT2D eigenvalue weighted by atomic mass is 9.76. The molecule has 38 heavy (non-hydrogen) atoms. The van der Waals surface area contributed by atoms with Gasteiger partial charge in [-0.15, -0.1) is 0 Å². The van der Waals surface area contributed by atoms with E-state index in [1.54, 1.807) is 0 Å². The van der Waals surface area contributed by atoms with Crippen LogP contribution < -0.4 is 0 Å². The zero-order valence-corrected chi connectivity index (χ0v) is 25.5. The maximum absolute atomic E-state index is 3.97. The monoisotopic (exact) mass is 560 g/mol. The lowest BCUT2D eigenvalue weighted by Crippen LogP contribution is -2.19. The molecule has 0 heterocycles. The molecule has 0 aliphatic heterocycles. The van der Waals surface area contributed by atoms with E-state index in [0.29, 0.717) is 0 Å². The lowest BCUT2D eigenvalue weighted by Gasteiger charge is -2.28. The zero-order valence-electron chi connectivity index (χ0n) is 23.9. The van der Waals surface area contributed by atoms with Crippen LogP contribution in [0, 0.1) is 0 Å². The fraction of sp³-hybridized carbons (Fsp3) is 0.297. The van der Waals surface area contributed by atoms with Gasteiger partial charge in [0.1, 0.15) is 0 Å². The van der Waals surface area contributed by atoms with Crippen LogP contribution in [0.4, 0.5) is 0 Å². The second-order valence-electron chi connectivity index (χ2n) is 13.6. The summed E-state index contributed by atoms with van der Waals surface area (Å²) in [5.41, 5.74) is 11.2. The van der Waals surface area contributed by atoms with Crippen molar-refractivity contribution in [2.45, 2.75) is 71.6 Å². The Morgan fingerprint density at radius 2 is 1.03 bits per heavy atom. The Labute approximate surface area is 236 Å². The van der Waals surface area contributed by atoms with E-state index in [4.69, 9.17) is 0 Å². The van der Waals surface area contributed by atoms with Crippen molar-refractivity contribution in [2.24, 2.45) is 0 Å². The molecule has 0 amide bonds. The van der Waals surface area contributed by atoms with Crippen molar-refractivity contribution in [3.8, 4) is 22.3 Å². The van der Waals surface area contributed by atoms with E-state index in [2.05, 4.69) is 150 Å². The van der Waals surface area contributed by atoms with Gasteiger partial charge in [-0.05, 0) is 98.9 Å². The molecule has 0 atom stereocenters. The molecule has 0 fully saturated rings. The molecule has 0 unspecified atom stereocenters. The van der Waals surface area contributed by atoms with Crippen LogP contribution >= 0.6 is 15.9 Å². The molecule has 0 aromatic heterocycles. The Balaban J connectivity index is 1.82. The third-order valence-electron chi connectivity index (χ3n) is 8.64. The molecule has 5 aromatic carbocycles. The van der Waals surface area contributed by atoms with Gasteiger partial charge < -0.3 is 0 Å². The number of benzene rings is 5. The molecule has 0 radical (unpaired) electrons. The summed E-state index contributed by atoms with van der Waals surface area (Å²) < 4.78 is 1.17. The van der Waals surface area contributed by atoms with Crippen LogP contribution in [0.15, 0.2) is 83.3 Å². The van der Waals surface area contributed by atoms with E-state index in [0.717, 1.165) is 0 Å². The summed E-state index contributed by atoms with van der Waals surface area (Å²) in [6.45, 7) is 18.8. The maximum atomic E-state index is 3.97. The van der Waals surface area contributed by atoms with E-state index < -0.39 is 0 Å². The van der Waals surface area contributed by atoms with Gasteiger partial charge >= 0.3 is 0 Å². The zero-order chi connectivity index (χ0) is 27.2. The molecule has 0 N–H and O–H groups in total. The molecule has 0 nitrogen and oxygen atoms in total. The molecule has 0 bridgehead atoms. The molecule has 6 rings (SSSR count). The van der Waals surface area contributed by atoms with Crippen LogP contribution in [0.2, 0.25) is 0 Å². The molecule has 1 heteroatoms. The summed E-state index contributed by atoms with van der Waals surface area (Å²) in [4.78, 5) is 0. The Morgan fingerprint density at radius 3 is 1.55 bits per heavy atom. The Hall–Kier alpha value is -2.90. The van der Waals surface area contributed by atoms with Gasteiger partial charge in [-0.1, -0.05) is 128 Å². The Bertz CT molecular complexity index is 1700. The third-order valence-corrected chi connectivity index (χ3v) is 9.50. The molecule has 0 saturated carbocycles. The molecular weight excluding hydrogens is 524 g/mol. The SMILES string of the molecule is CC(C)(C)c1ccc2c(c1)C(C)(C)c1cc(C(C)(C)C)cc(-c3c4ccccc4c(Br)c4ccccc34)c1-2. The van der Waals surface area contributed by atoms with Crippen molar-refractivity contribution < 1.29 is 0 Å². The van der Waals surface area contributed by atoms with Gasteiger partial charge in [0.2, 0.25) is 0 Å². The van der Waals surface area contributed by atoms with Crippen molar-refractivity contribution >= 4 is 37.5 Å². The van der Waals surface area contributed by atoms with Gasteiger partial charge in [-0.25, -0.2) is 0 Å². The number of rotatable bonds is 1. The topological polar surface area (TPSA) is 0 Å².